The van der Waals surface area contributed by atoms with Crippen LogP contribution in [0, 0.1) is 24.1 Å². The highest BCUT2D eigenvalue weighted by Gasteiger charge is 2.18. The van der Waals surface area contributed by atoms with Crippen molar-refractivity contribution in [3.8, 4) is 6.07 Å². The minimum atomic E-state index is -0.293. The maximum absolute atomic E-state index is 13.2. The number of fused-ring (bicyclic) bond motifs is 3. The van der Waals surface area contributed by atoms with Crippen LogP contribution in [-0.2, 0) is 13.1 Å². The van der Waals surface area contributed by atoms with E-state index in [0.29, 0.717) is 12.1 Å². The molecule has 25 heavy (non-hydrogen) atoms. The summed E-state index contributed by atoms with van der Waals surface area (Å²) in [6.07, 6.45) is 1.65. The second kappa shape index (κ2) is 5.83. The lowest BCUT2D eigenvalue weighted by Crippen LogP contribution is -2.24. The molecule has 0 fully saturated rings. The van der Waals surface area contributed by atoms with Crippen LogP contribution in [0.3, 0.4) is 0 Å². The van der Waals surface area contributed by atoms with Crippen molar-refractivity contribution in [2.45, 2.75) is 20.0 Å². The summed E-state index contributed by atoms with van der Waals surface area (Å²) in [4.78, 5) is 13.9. The Labute approximate surface area is 146 Å². The Kier molecular flexibility index (Phi) is 3.62. The quantitative estimate of drug-likeness (QED) is 0.567. The number of halogens is 1. The van der Waals surface area contributed by atoms with Gasteiger partial charge in [0, 0.05) is 16.8 Å². The average Bonchev–Trinajstić information content (AvgIpc) is 3.09. The topological polar surface area (TPSA) is 63.6 Å². The van der Waals surface area contributed by atoms with Gasteiger partial charge in [-0.2, -0.15) is 10.4 Å². The number of rotatable bonds is 3. The maximum Gasteiger partial charge on any atom is 0.292 e. The van der Waals surface area contributed by atoms with Gasteiger partial charge in [0.15, 0.2) is 0 Å². The fourth-order valence-corrected chi connectivity index (χ4v) is 4.06. The molecule has 0 amide bonds. The summed E-state index contributed by atoms with van der Waals surface area (Å²) in [5.74, 6) is -0.293. The lowest BCUT2D eigenvalue weighted by Gasteiger charge is -2.08. The molecule has 124 valence electrons. The Morgan fingerprint density at radius 3 is 2.80 bits per heavy atom. The third kappa shape index (κ3) is 2.51. The molecule has 4 aromatic rings. The minimum Gasteiger partial charge on any atom is -0.331 e. The highest BCUT2D eigenvalue weighted by molar-refractivity contribution is 7.20. The molecular formula is C18H13FN4OS. The number of benzene rings is 1. The van der Waals surface area contributed by atoms with Crippen molar-refractivity contribution >= 4 is 32.5 Å². The number of aryl methyl sites for hydroxylation is 1. The van der Waals surface area contributed by atoms with E-state index in [4.69, 9.17) is 5.26 Å². The molecule has 0 spiro atoms. The number of hydrogen-bond donors (Lipinski definition) is 0. The van der Waals surface area contributed by atoms with Gasteiger partial charge in [0.25, 0.3) is 5.56 Å². The van der Waals surface area contributed by atoms with E-state index < -0.39 is 0 Å². The smallest absolute Gasteiger partial charge is 0.292 e. The van der Waals surface area contributed by atoms with E-state index in [1.54, 1.807) is 29.7 Å². The van der Waals surface area contributed by atoms with E-state index in [9.17, 15) is 9.18 Å². The normalized spacial score (nSPS) is 11.2. The lowest BCUT2D eigenvalue weighted by molar-refractivity contribution is 0.626. The number of nitrogens with zero attached hydrogens (tertiary/aromatic N) is 4. The monoisotopic (exact) mass is 352 g/mol. The zero-order valence-electron chi connectivity index (χ0n) is 13.4. The number of aromatic nitrogens is 3. The van der Waals surface area contributed by atoms with Crippen LogP contribution < -0.4 is 5.56 Å². The van der Waals surface area contributed by atoms with Crippen LogP contribution in [-0.4, -0.2) is 14.3 Å². The van der Waals surface area contributed by atoms with Gasteiger partial charge < -0.3 is 4.57 Å². The Hall–Kier alpha value is -2.98. The SMILES string of the molecule is Cc1cc2c(s1)c1cnn(CC#N)c(=O)c1n2Cc1ccc(F)cc1. The van der Waals surface area contributed by atoms with Gasteiger partial charge in [0.2, 0.25) is 0 Å². The predicted molar refractivity (Wildman–Crippen MR) is 95.2 cm³/mol. The summed E-state index contributed by atoms with van der Waals surface area (Å²) in [7, 11) is 0. The Morgan fingerprint density at radius 1 is 1.32 bits per heavy atom. The largest absolute Gasteiger partial charge is 0.331 e. The lowest BCUT2D eigenvalue weighted by atomic mass is 10.2. The zero-order valence-corrected chi connectivity index (χ0v) is 14.2. The van der Waals surface area contributed by atoms with Crippen LogP contribution in [0.2, 0.25) is 0 Å². The molecule has 5 nitrogen and oxygen atoms in total. The van der Waals surface area contributed by atoms with Gasteiger partial charge in [-0.15, -0.1) is 11.3 Å². The van der Waals surface area contributed by atoms with Crippen LogP contribution in [0.5, 0.6) is 0 Å². The van der Waals surface area contributed by atoms with Gasteiger partial charge in [-0.3, -0.25) is 4.79 Å². The summed E-state index contributed by atoms with van der Waals surface area (Å²) in [5, 5.41) is 13.8. The first-order valence-electron chi connectivity index (χ1n) is 7.68. The third-order valence-electron chi connectivity index (χ3n) is 4.13. The molecule has 1 aromatic carbocycles. The Morgan fingerprint density at radius 2 is 2.08 bits per heavy atom. The molecule has 0 radical (unpaired) electrons. The molecule has 0 aliphatic rings. The third-order valence-corrected chi connectivity index (χ3v) is 5.21. The molecular weight excluding hydrogens is 339 g/mol. The second-order valence-electron chi connectivity index (χ2n) is 5.81. The highest BCUT2D eigenvalue weighted by atomic mass is 32.1. The van der Waals surface area contributed by atoms with Crippen molar-refractivity contribution in [2.75, 3.05) is 0 Å². The molecule has 4 rings (SSSR count). The molecule has 0 saturated heterocycles. The molecule has 0 atom stereocenters. The molecule has 0 bridgehead atoms. The van der Waals surface area contributed by atoms with E-state index in [1.807, 2.05) is 23.6 Å². The second-order valence-corrected chi connectivity index (χ2v) is 7.07. The molecule has 3 aromatic heterocycles. The standard InChI is InChI=1S/C18H13FN4OS/c1-11-8-15-17(25-11)14-9-21-23(7-6-20)18(24)16(14)22(15)10-12-2-4-13(19)5-3-12/h2-5,8-9H,7,10H2,1H3. The van der Waals surface area contributed by atoms with E-state index in [-0.39, 0.29) is 17.9 Å². The van der Waals surface area contributed by atoms with Crippen LogP contribution in [0.15, 0.2) is 41.3 Å². The van der Waals surface area contributed by atoms with E-state index in [0.717, 1.165) is 26.0 Å². The van der Waals surface area contributed by atoms with Crippen molar-refractivity contribution in [1.82, 2.24) is 14.3 Å². The summed E-state index contributed by atoms with van der Waals surface area (Å²) in [6, 6.07) is 10.2. The van der Waals surface area contributed by atoms with E-state index in [2.05, 4.69) is 5.10 Å². The first-order chi connectivity index (χ1) is 12.1. The van der Waals surface area contributed by atoms with Crippen LogP contribution in [0.1, 0.15) is 10.4 Å². The average molecular weight is 352 g/mol. The van der Waals surface area contributed by atoms with Crippen molar-refractivity contribution < 1.29 is 4.39 Å². The van der Waals surface area contributed by atoms with Crippen molar-refractivity contribution in [2.24, 2.45) is 0 Å². The predicted octanol–water partition coefficient (Wildman–Crippen LogP) is 3.43. The summed E-state index contributed by atoms with van der Waals surface area (Å²) >= 11 is 1.61. The maximum atomic E-state index is 13.2. The fraction of sp³-hybridized carbons (Fsp3) is 0.167. The molecule has 0 aliphatic carbocycles. The first kappa shape index (κ1) is 15.5. The van der Waals surface area contributed by atoms with Gasteiger partial charge >= 0.3 is 0 Å². The summed E-state index contributed by atoms with van der Waals surface area (Å²) in [5.41, 5.74) is 2.08. The van der Waals surface area contributed by atoms with Crippen molar-refractivity contribution in [3.63, 3.8) is 0 Å². The minimum absolute atomic E-state index is 0.0941. The zero-order chi connectivity index (χ0) is 17.6. The van der Waals surface area contributed by atoms with Crippen LogP contribution in [0.4, 0.5) is 4.39 Å². The fourth-order valence-electron chi connectivity index (χ4n) is 3.04. The van der Waals surface area contributed by atoms with E-state index in [1.165, 1.54) is 16.8 Å². The summed E-state index contributed by atoms with van der Waals surface area (Å²) < 4.78 is 17.3. The number of thiophene rings is 1. The van der Waals surface area contributed by atoms with Gasteiger partial charge in [-0.05, 0) is 30.7 Å². The van der Waals surface area contributed by atoms with Gasteiger partial charge in [0.1, 0.15) is 17.9 Å². The van der Waals surface area contributed by atoms with Crippen molar-refractivity contribution in [1.29, 1.82) is 5.26 Å². The van der Waals surface area contributed by atoms with Crippen LogP contribution >= 0.6 is 11.3 Å². The van der Waals surface area contributed by atoms with Gasteiger partial charge in [0.05, 0.1) is 22.5 Å². The molecule has 0 saturated carbocycles. The number of nitriles is 1. The Balaban J connectivity index is 2.01. The van der Waals surface area contributed by atoms with Gasteiger partial charge in [-0.1, -0.05) is 12.1 Å². The van der Waals surface area contributed by atoms with Gasteiger partial charge in [-0.25, -0.2) is 9.07 Å². The molecule has 0 N–H and O–H groups in total. The van der Waals surface area contributed by atoms with E-state index >= 15 is 0 Å². The molecule has 0 unspecified atom stereocenters. The summed E-state index contributed by atoms with van der Waals surface area (Å²) in [6.45, 7) is 2.37. The Bertz CT molecular complexity index is 1190. The number of hydrogen-bond acceptors (Lipinski definition) is 4. The first-order valence-corrected chi connectivity index (χ1v) is 8.50. The van der Waals surface area contributed by atoms with Crippen LogP contribution in [0.25, 0.3) is 21.1 Å². The molecule has 7 heteroatoms. The molecule has 3 heterocycles. The molecule has 0 aliphatic heterocycles. The highest BCUT2D eigenvalue weighted by Crippen LogP contribution is 2.34. The van der Waals surface area contributed by atoms with Crippen molar-refractivity contribution in [3.05, 3.63) is 63.1 Å².